The van der Waals surface area contributed by atoms with Crippen LogP contribution in [0, 0.1) is 0 Å². The molecule has 1 aliphatic heterocycles. The van der Waals surface area contributed by atoms with Gasteiger partial charge in [-0.25, -0.2) is 4.79 Å². The maximum Gasteiger partial charge on any atom is 0.319 e. The predicted molar refractivity (Wildman–Crippen MR) is 86.1 cm³/mol. The van der Waals surface area contributed by atoms with E-state index < -0.39 is 0 Å². The van der Waals surface area contributed by atoms with Crippen LogP contribution in [0.1, 0.15) is 23.2 Å². The van der Waals surface area contributed by atoms with Crippen molar-refractivity contribution in [2.24, 2.45) is 0 Å². The largest absolute Gasteiger partial charge is 0.337 e. The molecule has 2 heterocycles. The van der Waals surface area contributed by atoms with E-state index >= 15 is 0 Å². The van der Waals surface area contributed by atoms with E-state index in [1.807, 2.05) is 30.3 Å². The standard InChI is InChI=1S/C16H19N5O2/c22-15(12-5-2-1-3-6-12)21-8-4-7-13(11-21)19-16(23)20-14-9-17-18-10-14/h1-3,5-6,9-10,13H,4,7-8,11H2,(H,17,18)(H2,19,20,23). The molecule has 1 aromatic carbocycles. The summed E-state index contributed by atoms with van der Waals surface area (Å²) >= 11 is 0. The number of piperidine rings is 1. The monoisotopic (exact) mass is 313 g/mol. The first-order valence-corrected chi connectivity index (χ1v) is 7.63. The molecule has 23 heavy (non-hydrogen) atoms. The highest BCUT2D eigenvalue weighted by molar-refractivity contribution is 5.94. The van der Waals surface area contributed by atoms with Crippen LogP contribution in [0.15, 0.2) is 42.7 Å². The van der Waals surface area contributed by atoms with Gasteiger partial charge in [-0.2, -0.15) is 5.10 Å². The number of nitrogens with zero attached hydrogens (tertiary/aromatic N) is 2. The van der Waals surface area contributed by atoms with Crippen LogP contribution in [0.3, 0.4) is 0 Å². The first kappa shape index (κ1) is 15.1. The highest BCUT2D eigenvalue weighted by Crippen LogP contribution is 2.14. The summed E-state index contributed by atoms with van der Waals surface area (Å²) in [6.45, 7) is 1.24. The lowest BCUT2D eigenvalue weighted by atomic mass is 10.0. The second kappa shape index (κ2) is 6.95. The normalized spacial score (nSPS) is 17.6. The first-order valence-electron chi connectivity index (χ1n) is 7.63. The van der Waals surface area contributed by atoms with Crippen LogP contribution in [-0.2, 0) is 0 Å². The highest BCUT2D eigenvalue weighted by atomic mass is 16.2. The minimum Gasteiger partial charge on any atom is -0.337 e. The highest BCUT2D eigenvalue weighted by Gasteiger charge is 2.25. The van der Waals surface area contributed by atoms with Crippen molar-refractivity contribution in [2.75, 3.05) is 18.4 Å². The summed E-state index contributed by atoms with van der Waals surface area (Å²) < 4.78 is 0. The van der Waals surface area contributed by atoms with Crippen LogP contribution in [0.4, 0.5) is 10.5 Å². The van der Waals surface area contributed by atoms with Crippen LogP contribution in [0.2, 0.25) is 0 Å². The maximum absolute atomic E-state index is 12.5. The Morgan fingerprint density at radius 2 is 2.09 bits per heavy atom. The molecule has 1 aliphatic rings. The Balaban J connectivity index is 1.55. The zero-order valence-corrected chi connectivity index (χ0v) is 12.7. The van der Waals surface area contributed by atoms with E-state index in [4.69, 9.17) is 0 Å². The van der Waals surface area contributed by atoms with Crippen molar-refractivity contribution in [3.63, 3.8) is 0 Å². The lowest BCUT2D eigenvalue weighted by molar-refractivity contribution is 0.0698. The molecule has 7 heteroatoms. The van der Waals surface area contributed by atoms with Gasteiger partial charge in [-0.05, 0) is 25.0 Å². The zero-order valence-electron chi connectivity index (χ0n) is 12.7. The van der Waals surface area contributed by atoms with Gasteiger partial charge in [0.25, 0.3) is 5.91 Å². The lowest BCUT2D eigenvalue weighted by Gasteiger charge is -2.33. The smallest absolute Gasteiger partial charge is 0.319 e. The van der Waals surface area contributed by atoms with Gasteiger partial charge >= 0.3 is 6.03 Å². The van der Waals surface area contributed by atoms with E-state index in [0.29, 0.717) is 17.8 Å². The SMILES string of the molecule is O=C(Nc1cn[nH]c1)NC1CCCN(C(=O)c2ccccc2)C1. The molecule has 7 nitrogen and oxygen atoms in total. The molecule has 1 aromatic heterocycles. The van der Waals surface area contributed by atoms with Crippen molar-refractivity contribution in [1.82, 2.24) is 20.4 Å². The topological polar surface area (TPSA) is 90.1 Å². The van der Waals surface area contributed by atoms with Gasteiger partial charge in [0, 0.05) is 30.9 Å². The number of carbonyl (C=O) groups is 2. The van der Waals surface area contributed by atoms with E-state index in [1.54, 1.807) is 11.1 Å². The Hall–Kier alpha value is -2.83. The molecule has 3 N–H and O–H groups in total. The number of hydrogen-bond donors (Lipinski definition) is 3. The molecular formula is C16H19N5O2. The Morgan fingerprint density at radius 3 is 2.83 bits per heavy atom. The van der Waals surface area contributed by atoms with Crippen molar-refractivity contribution >= 4 is 17.6 Å². The molecule has 0 radical (unpaired) electrons. The molecule has 3 amide bonds. The predicted octanol–water partition coefficient (Wildman–Crippen LogP) is 1.84. The van der Waals surface area contributed by atoms with Crippen molar-refractivity contribution in [3.05, 3.63) is 48.3 Å². The molecule has 1 atom stereocenters. The van der Waals surface area contributed by atoms with Gasteiger partial charge in [0.05, 0.1) is 11.9 Å². The summed E-state index contributed by atoms with van der Waals surface area (Å²) in [5.74, 6) is 0.00680. The number of carbonyl (C=O) groups excluding carboxylic acids is 2. The van der Waals surface area contributed by atoms with E-state index in [-0.39, 0.29) is 18.0 Å². The maximum atomic E-state index is 12.5. The second-order valence-corrected chi connectivity index (χ2v) is 5.54. The van der Waals surface area contributed by atoms with E-state index in [9.17, 15) is 9.59 Å². The fourth-order valence-corrected chi connectivity index (χ4v) is 2.71. The van der Waals surface area contributed by atoms with E-state index in [0.717, 1.165) is 19.4 Å². The molecule has 0 saturated carbocycles. The number of nitrogens with one attached hydrogen (secondary N) is 3. The van der Waals surface area contributed by atoms with Crippen LogP contribution < -0.4 is 10.6 Å². The number of H-pyrrole nitrogens is 1. The quantitative estimate of drug-likeness (QED) is 0.807. The van der Waals surface area contributed by atoms with Crippen molar-refractivity contribution < 1.29 is 9.59 Å². The third-order valence-electron chi connectivity index (χ3n) is 3.82. The number of benzene rings is 1. The average Bonchev–Trinajstić information content (AvgIpc) is 3.08. The number of hydrogen-bond acceptors (Lipinski definition) is 3. The number of likely N-dealkylation sites (tertiary alicyclic amines) is 1. The van der Waals surface area contributed by atoms with Crippen LogP contribution in [0.25, 0.3) is 0 Å². The Bertz CT molecular complexity index is 656. The van der Waals surface area contributed by atoms with Gasteiger partial charge in [0.2, 0.25) is 0 Å². The molecule has 1 unspecified atom stereocenters. The van der Waals surface area contributed by atoms with Gasteiger partial charge < -0.3 is 15.5 Å². The number of anilines is 1. The molecule has 1 saturated heterocycles. The molecule has 0 bridgehead atoms. The molecule has 3 rings (SSSR count). The minimum absolute atomic E-state index is 0.00680. The van der Waals surface area contributed by atoms with Crippen LogP contribution >= 0.6 is 0 Å². The summed E-state index contributed by atoms with van der Waals surface area (Å²) in [5.41, 5.74) is 1.28. The van der Waals surface area contributed by atoms with E-state index in [1.165, 1.54) is 6.20 Å². The number of rotatable bonds is 3. The third-order valence-corrected chi connectivity index (χ3v) is 3.82. The van der Waals surface area contributed by atoms with Gasteiger partial charge in [0.15, 0.2) is 0 Å². The first-order chi connectivity index (χ1) is 11.2. The number of amides is 3. The van der Waals surface area contributed by atoms with Gasteiger partial charge in [-0.1, -0.05) is 18.2 Å². The number of aromatic nitrogens is 2. The Kier molecular flexibility index (Phi) is 4.56. The zero-order chi connectivity index (χ0) is 16.1. The van der Waals surface area contributed by atoms with Crippen molar-refractivity contribution in [3.8, 4) is 0 Å². The van der Waals surface area contributed by atoms with Crippen molar-refractivity contribution in [1.29, 1.82) is 0 Å². The number of aromatic amines is 1. The fourth-order valence-electron chi connectivity index (χ4n) is 2.71. The summed E-state index contributed by atoms with van der Waals surface area (Å²) in [6.07, 6.45) is 4.87. The minimum atomic E-state index is -0.287. The average molecular weight is 313 g/mol. The lowest BCUT2D eigenvalue weighted by Crippen LogP contribution is -2.50. The van der Waals surface area contributed by atoms with Gasteiger partial charge in [-0.3, -0.25) is 9.89 Å². The molecule has 2 aromatic rings. The Morgan fingerprint density at radius 1 is 1.26 bits per heavy atom. The molecule has 120 valence electrons. The summed E-state index contributed by atoms with van der Waals surface area (Å²) in [7, 11) is 0. The van der Waals surface area contributed by atoms with Crippen LogP contribution in [-0.4, -0.2) is 46.2 Å². The third kappa shape index (κ3) is 3.88. The number of urea groups is 1. The molecule has 0 aliphatic carbocycles. The molecule has 1 fully saturated rings. The fraction of sp³-hybridized carbons (Fsp3) is 0.312. The van der Waals surface area contributed by atoms with E-state index in [2.05, 4.69) is 20.8 Å². The second-order valence-electron chi connectivity index (χ2n) is 5.54. The Labute approximate surface area is 134 Å². The van der Waals surface area contributed by atoms with Gasteiger partial charge in [-0.15, -0.1) is 0 Å². The van der Waals surface area contributed by atoms with Crippen LogP contribution in [0.5, 0.6) is 0 Å². The van der Waals surface area contributed by atoms with Crippen molar-refractivity contribution in [2.45, 2.75) is 18.9 Å². The molecular weight excluding hydrogens is 294 g/mol. The van der Waals surface area contributed by atoms with Gasteiger partial charge in [0.1, 0.15) is 0 Å². The molecule has 0 spiro atoms. The summed E-state index contributed by atoms with van der Waals surface area (Å²) in [6, 6.07) is 8.87. The summed E-state index contributed by atoms with van der Waals surface area (Å²) in [4.78, 5) is 26.2. The summed E-state index contributed by atoms with van der Waals surface area (Å²) in [5, 5.41) is 12.0.